The smallest absolute Gasteiger partial charge is 0.225 e. The minimum atomic E-state index is -0.216. The maximum Gasteiger partial charge on any atom is 0.225 e. The van der Waals surface area contributed by atoms with Crippen molar-refractivity contribution in [1.82, 2.24) is 10.2 Å². The molecule has 30 heavy (non-hydrogen) atoms. The molecule has 0 bridgehead atoms. The van der Waals surface area contributed by atoms with Gasteiger partial charge in [0, 0.05) is 44.0 Å². The van der Waals surface area contributed by atoms with Gasteiger partial charge in [0.25, 0.3) is 0 Å². The van der Waals surface area contributed by atoms with Gasteiger partial charge in [0.15, 0.2) is 0 Å². The highest BCUT2D eigenvalue weighted by atomic mass is 19.1. The number of benzene rings is 2. The van der Waals surface area contributed by atoms with E-state index in [2.05, 4.69) is 27.2 Å². The number of hydrogen-bond acceptors (Lipinski definition) is 4. The number of ether oxygens (including phenoxy) is 1. The monoisotopic (exact) mass is 411 g/mol. The molecule has 0 saturated carbocycles. The first-order valence-electron chi connectivity index (χ1n) is 10.7. The van der Waals surface area contributed by atoms with E-state index >= 15 is 0 Å². The van der Waals surface area contributed by atoms with Gasteiger partial charge in [-0.25, -0.2) is 4.39 Å². The lowest BCUT2D eigenvalue weighted by molar-refractivity contribution is -0.126. The molecule has 1 fully saturated rings. The molecule has 2 aliphatic rings. The number of rotatable bonds is 5. The summed E-state index contributed by atoms with van der Waals surface area (Å²) in [7, 11) is 1.68. The third-order valence-corrected chi connectivity index (χ3v) is 6.10. The summed E-state index contributed by atoms with van der Waals surface area (Å²) in [6, 6.07) is 13.1. The van der Waals surface area contributed by atoms with Crippen LogP contribution in [0.15, 0.2) is 42.5 Å². The Balaban J connectivity index is 1.59. The molecule has 4 rings (SSSR count). The summed E-state index contributed by atoms with van der Waals surface area (Å²) in [4.78, 5) is 17.8. The third-order valence-electron chi connectivity index (χ3n) is 6.10. The van der Waals surface area contributed by atoms with Crippen LogP contribution in [0.25, 0.3) is 0 Å². The van der Waals surface area contributed by atoms with E-state index in [1.807, 2.05) is 32.0 Å². The van der Waals surface area contributed by atoms with Crippen LogP contribution in [0.5, 0.6) is 5.75 Å². The van der Waals surface area contributed by atoms with Gasteiger partial charge < -0.3 is 15.0 Å². The summed E-state index contributed by atoms with van der Waals surface area (Å²) in [5, 5.41) is 3.12. The molecule has 2 aromatic carbocycles. The van der Waals surface area contributed by atoms with Gasteiger partial charge in [-0.3, -0.25) is 9.69 Å². The lowest BCUT2D eigenvalue weighted by Crippen LogP contribution is -2.61. The van der Waals surface area contributed by atoms with Gasteiger partial charge in [-0.2, -0.15) is 0 Å². The number of carbonyl (C=O) groups is 1. The number of nitrogens with zero attached hydrogens (tertiary/aromatic N) is 2. The van der Waals surface area contributed by atoms with E-state index in [4.69, 9.17) is 4.74 Å². The van der Waals surface area contributed by atoms with Crippen LogP contribution < -0.4 is 15.0 Å². The van der Waals surface area contributed by atoms with Gasteiger partial charge in [0.05, 0.1) is 19.1 Å². The van der Waals surface area contributed by atoms with Gasteiger partial charge in [0.2, 0.25) is 5.91 Å². The average molecular weight is 412 g/mol. The number of nitrogens with one attached hydrogen (secondary N) is 1. The van der Waals surface area contributed by atoms with Crippen molar-refractivity contribution in [3.05, 3.63) is 59.4 Å². The van der Waals surface area contributed by atoms with E-state index in [-0.39, 0.29) is 29.7 Å². The zero-order chi connectivity index (χ0) is 21.3. The van der Waals surface area contributed by atoms with Gasteiger partial charge in [-0.1, -0.05) is 18.2 Å². The molecule has 1 amide bonds. The minimum Gasteiger partial charge on any atom is -0.497 e. The lowest BCUT2D eigenvalue weighted by Gasteiger charge is -2.49. The highest BCUT2D eigenvalue weighted by molar-refractivity contribution is 5.82. The van der Waals surface area contributed by atoms with Crippen molar-refractivity contribution in [2.24, 2.45) is 5.92 Å². The van der Waals surface area contributed by atoms with Crippen LogP contribution in [0.1, 0.15) is 25.0 Å². The largest absolute Gasteiger partial charge is 0.497 e. The zero-order valence-corrected chi connectivity index (χ0v) is 17.9. The Bertz CT molecular complexity index is 900. The number of methoxy groups -OCH3 is 1. The quantitative estimate of drug-likeness (QED) is 0.821. The topological polar surface area (TPSA) is 44.8 Å². The molecule has 0 unspecified atom stereocenters. The highest BCUT2D eigenvalue weighted by Gasteiger charge is 2.41. The van der Waals surface area contributed by atoms with Crippen LogP contribution in [-0.2, 0) is 17.8 Å². The molecule has 0 aromatic heterocycles. The van der Waals surface area contributed by atoms with Crippen LogP contribution >= 0.6 is 0 Å². The molecule has 160 valence electrons. The van der Waals surface area contributed by atoms with Gasteiger partial charge in [0.1, 0.15) is 11.6 Å². The second kappa shape index (κ2) is 8.64. The van der Waals surface area contributed by atoms with Crippen LogP contribution in [-0.4, -0.2) is 49.6 Å². The van der Waals surface area contributed by atoms with Crippen molar-refractivity contribution in [2.75, 3.05) is 31.6 Å². The van der Waals surface area contributed by atoms with E-state index in [0.29, 0.717) is 0 Å². The van der Waals surface area contributed by atoms with Gasteiger partial charge >= 0.3 is 0 Å². The van der Waals surface area contributed by atoms with Crippen molar-refractivity contribution in [1.29, 1.82) is 0 Å². The molecule has 1 saturated heterocycles. The second-order valence-corrected chi connectivity index (χ2v) is 8.59. The fraction of sp³-hybridized carbons (Fsp3) is 0.458. The molecule has 1 N–H and O–H groups in total. The SMILES string of the molecule is COc1ccc2c(c1)N1CCN(Cc3ccc(F)cc3)C[C@@H]1[C@@H](C(=O)NC(C)C)C2. The van der Waals surface area contributed by atoms with Crippen LogP contribution in [0.4, 0.5) is 10.1 Å². The molecule has 6 heteroatoms. The van der Waals surface area contributed by atoms with E-state index in [1.165, 1.54) is 23.4 Å². The summed E-state index contributed by atoms with van der Waals surface area (Å²) in [5.74, 6) is 0.632. The molecule has 5 nitrogen and oxygen atoms in total. The van der Waals surface area contributed by atoms with Crippen molar-refractivity contribution >= 4 is 11.6 Å². The van der Waals surface area contributed by atoms with Gasteiger partial charge in [-0.05, 0) is 49.6 Å². The summed E-state index contributed by atoms with van der Waals surface area (Å²) in [5.41, 5.74) is 3.46. The first kappa shape index (κ1) is 20.7. The first-order chi connectivity index (χ1) is 14.4. The van der Waals surface area contributed by atoms with E-state index < -0.39 is 0 Å². The summed E-state index contributed by atoms with van der Waals surface area (Å²) >= 11 is 0. The molecule has 2 heterocycles. The third kappa shape index (κ3) is 4.29. The van der Waals surface area contributed by atoms with Gasteiger partial charge in [-0.15, -0.1) is 0 Å². The van der Waals surface area contributed by atoms with E-state index in [0.717, 1.165) is 43.9 Å². The Morgan fingerprint density at radius 3 is 2.67 bits per heavy atom. The Morgan fingerprint density at radius 2 is 1.97 bits per heavy atom. The van der Waals surface area contributed by atoms with Crippen molar-refractivity contribution < 1.29 is 13.9 Å². The zero-order valence-electron chi connectivity index (χ0n) is 17.9. The maximum absolute atomic E-state index is 13.3. The molecule has 2 atom stereocenters. The summed E-state index contributed by atoms with van der Waals surface area (Å²) < 4.78 is 18.7. The predicted octanol–water partition coefficient (Wildman–Crippen LogP) is 3.22. The van der Waals surface area contributed by atoms with Crippen molar-refractivity contribution in [2.45, 2.75) is 38.9 Å². The van der Waals surface area contributed by atoms with Crippen LogP contribution in [0.2, 0.25) is 0 Å². The first-order valence-corrected chi connectivity index (χ1v) is 10.7. The number of piperazine rings is 1. The molecule has 0 radical (unpaired) electrons. The fourth-order valence-electron chi connectivity index (χ4n) is 4.65. The van der Waals surface area contributed by atoms with Crippen molar-refractivity contribution in [3.8, 4) is 5.75 Å². The number of carbonyl (C=O) groups excluding carboxylic acids is 1. The Morgan fingerprint density at radius 1 is 1.20 bits per heavy atom. The number of fused-ring (bicyclic) bond motifs is 3. The summed E-state index contributed by atoms with van der Waals surface area (Å²) in [6.45, 7) is 7.29. The molecule has 2 aliphatic heterocycles. The molecule has 2 aromatic rings. The Hall–Kier alpha value is -2.60. The Kier molecular flexibility index (Phi) is 5.95. The number of hydrogen-bond donors (Lipinski definition) is 1. The normalized spacial score (nSPS) is 21.2. The minimum absolute atomic E-state index is 0.0950. The molecular weight excluding hydrogens is 381 g/mol. The number of anilines is 1. The van der Waals surface area contributed by atoms with Crippen molar-refractivity contribution in [3.63, 3.8) is 0 Å². The number of halogens is 1. The molecular formula is C24H30FN3O2. The summed E-state index contributed by atoms with van der Waals surface area (Å²) in [6.07, 6.45) is 0.726. The lowest BCUT2D eigenvalue weighted by atomic mass is 9.83. The second-order valence-electron chi connectivity index (χ2n) is 8.59. The van der Waals surface area contributed by atoms with Crippen LogP contribution in [0.3, 0.4) is 0 Å². The maximum atomic E-state index is 13.3. The fourth-order valence-corrected chi connectivity index (χ4v) is 4.65. The average Bonchev–Trinajstić information content (AvgIpc) is 2.73. The molecule has 0 aliphatic carbocycles. The van der Waals surface area contributed by atoms with E-state index in [9.17, 15) is 9.18 Å². The van der Waals surface area contributed by atoms with E-state index in [1.54, 1.807) is 7.11 Å². The Labute approximate surface area is 177 Å². The van der Waals surface area contributed by atoms with Crippen LogP contribution in [0, 0.1) is 11.7 Å². The standard InChI is InChI=1S/C24H30FN3O2/c1-16(2)26-24(29)21-12-18-6-9-20(30-3)13-22(18)28-11-10-27(15-23(21)28)14-17-4-7-19(25)8-5-17/h4-9,13,16,21,23H,10-12,14-15H2,1-3H3,(H,26,29)/t21-,23+/m0/s1. The highest BCUT2D eigenvalue weighted by Crippen LogP contribution is 2.38. The predicted molar refractivity (Wildman–Crippen MR) is 116 cm³/mol. The molecule has 0 spiro atoms. The number of amides is 1.